The molecule has 2 aliphatic heterocycles. The predicted molar refractivity (Wildman–Crippen MR) is 105 cm³/mol. The number of hydrogen-bond donors (Lipinski definition) is 1. The van der Waals surface area contributed by atoms with E-state index in [9.17, 15) is 4.79 Å². The molecule has 0 bridgehead atoms. The molecule has 1 fully saturated rings. The minimum Gasteiger partial charge on any atom is -0.482 e. The number of carbonyl (C=O) groups excluding carboxylic acids is 1. The highest BCUT2D eigenvalue weighted by molar-refractivity contribution is 7.12. The molecule has 2 aromatic rings. The van der Waals surface area contributed by atoms with Crippen LogP contribution in [0.15, 0.2) is 35.7 Å². The van der Waals surface area contributed by atoms with Gasteiger partial charge in [0.2, 0.25) is 0 Å². The fourth-order valence-corrected chi connectivity index (χ4v) is 4.27. The number of amides is 1. The van der Waals surface area contributed by atoms with Crippen molar-refractivity contribution in [2.75, 3.05) is 37.7 Å². The van der Waals surface area contributed by atoms with Crippen molar-refractivity contribution in [1.29, 1.82) is 5.41 Å². The highest BCUT2D eigenvalue weighted by Gasteiger charge is 2.26. The van der Waals surface area contributed by atoms with Gasteiger partial charge in [-0.25, -0.2) is 0 Å². The number of fused-ring (bicyclic) bond motifs is 1. The number of carbonyl (C=O) groups is 1. The van der Waals surface area contributed by atoms with Crippen molar-refractivity contribution in [1.82, 2.24) is 4.90 Å². The summed E-state index contributed by atoms with van der Waals surface area (Å²) in [5, 5.41) is 10.2. The SMILES string of the molecule is N=C(Cc1ccc2c(c1)OCC(=O)N2CCN1CCCC1)c1cccs1. The van der Waals surface area contributed by atoms with Gasteiger partial charge in [0.05, 0.1) is 11.4 Å². The number of nitrogens with zero attached hydrogens (tertiary/aromatic N) is 2. The van der Waals surface area contributed by atoms with Gasteiger partial charge in [0.1, 0.15) is 5.75 Å². The highest BCUT2D eigenvalue weighted by Crippen LogP contribution is 2.33. The second-order valence-corrected chi connectivity index (χ2v) is 7.77. The first kappa shape index (κ1) is 17.2. The van der Waals surface area contributed by atoms with E-state index in [1.54, 1.807) is 11.3 Å². The third-order valence-electron chi connectivity index (χ3n) is 5.01. The van der Waals surface area contributed by atoms with Gasteiger partial charge in [0.15, 0.2) is 6.61 Å². The van der Waals surface area contributed by atoms with Gasteiger partial charge >= 0.3 is 0 Å². The summed E-state index contributed by atoms with van der Waals surface area (Å²) < 4.78 is 5.68. The van der Waals surface area contributed by atoms with Crippen LogP contribution in [0.4, 0.5) is 5.69 Å². The molecule has 1 saturated heterocycles. The van der Waals surface area contributed by atoms with Crippen molar-refractivity contribution < 1.29 is 9.53 Å². The van der Waals surface area contributed by atoms with Crippen molar-refractivity contribution in [3.05, 3.63) is 46.2 Å². The molecular formula is C20H23N3O2S. The van der Waals surface area contributed by atoms with Crippen LogP contribution in [0.1, 0.15) is 23.3 Å². The molecule has 0 aliphatic carbocycles. The Hall–Kier alpha value is -2.18. The molecule has 1 aromatic heterocycles. The average molecular weight is 369 g/mol. The van der Waals surface area contributed by atoms with Gasteiger partial charge in [-0.15, -0.1) is 11.3 Å². The first-order valence-corrected chi connectivity index (χ1v) is 9.98. The summed E-state index contributed by atoms with van der Waals surface area (Å²) in [5.74, 6) is 0.776. The van der Waals surface area contributed by atoms with Crippen LogP contribution in [-0.4, -0.2) is 49.3 Å². The first-order chi connectivity index (χ1) is 12.7. The summed E-state index contributed by atoms with van der Waals surface area (Å²) in [6, 6.07) is 9.89. The zero-order valence-electron chi connectivity index (χ0n) is 14.7. The lowest BCUT2D eigenvalue weighted by Gasteiger charge is -2.31. The second-order valence-electron chi connectivity index (χ2n) is 6.82. The van der Waals surface area contributed by atoms with Crippen LogP contribution in [0.2, 0.25) is 0 Å². The summed E-state index contributed by atoms with van der Waals surface area (Å²) in [6.07, 6.45) is 3.08. The van der Waals surface area contributed by atoms with Crippen LogP contribution < -0.4 is 9.64 Å². The second kappa shape index (κ2) is 7.60. The first-order valence-electron chi connectivity index (χ1n) is 9.10. The van der Waals surface area contributed by atoms with Gasteiger partial charge in [0.25, 0.3) is 5.91 Å². The van der Waals surface area contributed by atoms with E-state index in [0.717, 1.165) is 41.5 Å². The minimum absolute atomic E-state index is 0.0239. The molecule has 1 aromatic carbocycles. The molecule has 26 heavy (non-hydrogen) atoms. The van der Waals surface area contributed by atoms with E-state index in [1.807, 2.05) is 40.6 Å². The minimum atomic E-state index is 0.0239. The Morgan fingerprint density at radius 3 is 2.81 bits per heavy atom. The van der Waals surface area contributed by atoms with Crippen LogP contribution in [0.3, 0.4) is 0 Å². The molecule has 136 valence electrons. The Bertz CT molecular complexity index is 797. The van der Waals surface area contributed by atoms with E-state index >= 15 is 0 Å². The molecule has 0 spiro atoms. The molecule has 0 saturated carbocycles. The van der Waals surface area contributed by atoms with E-state index in [0.29, 0.717) is 18.7 Å². The Labute approximate surface area is 157 Å². The van der Waals surface area contributed by atoms with Crippen molar-refractivity contribution >= 4 is 28.6 Å². The van der Waals surface area contributed by atoms with Gasteiger partial charge in [-0.05, 0) is 55.1 Å². The molecule has 1 N–H and O–H groups in total. The zero-order chi connectivity index (χ0) is 17.9. The van der Waals surface area contributed by atoms with Crippen LogP contribution in [0.5, 0.6) is 5.75 Å². The molecule has 0 unspecified atom stereocenters. The molecule has 2 aliphatic rings. The number of anilines is 1. The maximum absolute atomic E-state index is 12.3. The highest BCUT2D eigenvalue weighted by atomic mass is 32.1. The number of likely N-dealkylation sites (tertiary alicyclic amines) is 1. The van der Waals surface area contributed by atoms with Crippen LogP contribution in [0.25, 0.3) is 0 Å². The largest absolute Gasteiger partial charge is 0.482 e. The monoisotopic (exact) mass is 369 g/mol. The van der Waals surface area contributed by atoms with Crippen LogP contribution in [-0.2, 0) is 11.2 Å². The van der Waals surface area contributed by atoms with E-state index in [1.165, 1.54) is 12.8 Å². The summed E-state index contributed by atoms with van der Waals surface area (Å²) in [4.78, 5) is 17.6. The molecule has 3 heterocycles. The maximum Gasteiger partial charge on any atom is 0.265 e. The number of thiophene rings is 1. The van der Waals surface area contributed by atoms with Crippen molar-refractivity contribution in [3.8, 4) is 5.75 Å². The number of hydrogen-bond acceptors (Lipinski definition) is 5. The summed E-state index contributed by atoms with van der Waals surface area (Å²) in [6.45, 7) is 3.98. The quantitative estimate of drug-likeness (QED) is 0.796. The molecule has 1 amide bonds. The summed E-state index contributed by atoms with van der Waals surface area (Å²) in [7, 11) is 0. The molecule has 5 nitrogen and oxygen atoms in total. The van der Waals surface area contributed by atoms with Gasteiger partial charge in [-0.1, -0.05) is 12.1 Å². The molecule has 4 rings (SSSR count). The number of benzene rings is 1. The summed E-state index contributed by atoms with van der Waals surface area (Å²) in [5.41, 5.74) is 2.50. The van der Waals surface area contributed by atoms with E-state index in [-0.39, 0.29) is 12.5 Å². The van der Waals surface area contributed by atoms with Crippen LogP contribution in [0, 0.1) is 5.41 Å². The third-order valence-corrected chi connectivity index (χ3v) is 5.93. The lowest BCUT2D eigenvalue weighted by molar-refractivity contribution is -0.121. The predicted octanol–water partition coefficient (Wildman–Crippen LogP) is 3.18. The van der Waals surface area contributed by atoms with Crippen LogP contribution >= 0.6 is 11.3 Å². The Morgan fingerprint density at radius 2 is 2.04 bits per heavy atom. The van der Waals surface area contributed by atoms with E-state index in [2.05, 4.69) is 4.90 Å². The zero-order valence-corrected chi connectivity index (χ0v) is 15.6. The molecular weight excluding hydrogens is 346 g/mol. The van der Waals surface area contributed by atoms with Gasteiger partial charge < -0.3 is 19.9 Å². The fraction of sp³-hybridized carbons (Fsp3) is 0.400. The topological polar surface area (TPSA) is 56.6 Å². The number of nitrogens with one attached hydrogen (secondary N) is 1. The lowest BCUT2D eigenvalue weighted by atomic mass is 10.1. The molecule has 6 heteroatoms. The molecule has 0 atom stereocenters. The van der Waals surface area contributed by atoms with Crippen molar-refractivity contribution in [3.63, 3.8) is 0 Å². The lowest BCUT2D eigenvalue weighted by Crippen LogP contribution is -2.43. The van der Waals surface area contributed by atoms with E-state index < -0.39 is 0 Å². The number of ether oxygens (including phenoxy) is 1. The molecule has 0 radical (unpaired) electrons. The summed E-state index contributed by atoms with van der Waals surface area (Å²) >= 11 is 1.59. The fourth-order valence-electron chi connectivity index (χ4n) is 3.59. The van der Waals surface area contributed by atoms with Gasteiger partial charge in [-0.2, -0.15) is 0 Å². The van der Waals surface area contributed by atoms with Crippen molar-refractivity contribution in [2.24, 2.45) is 0 Å². The smallest absolute Gasteiger partial charge is 0.265 e. The standard InChI is InChI=1S/C20H23N3O2S/c21-16(19-4-3-11-26-19)12-15-5-6-17-18(13-15)25-14-20(24)23(17)10-9-22-7-1-2-8-22/h3-6,11,13,21H,1-2,7-10,12,14H2. The Balaban J connectivity index is 1.47. The van der Waals surface area contributed by atoms with Gasteiger partial charge in [-0.3, -0.25) is 4.79 Å². The average Bonchev–Trinajstić information content (AvgIpc) is 3.35. The number of rotatable bonds is 6. The normalized spacial score (nSPS) is 17.2. The Morgan fingerprint density at radius 1 is 1.19 bits per heavy atom. The Kier molecular flexibility index (Phi) is 5.04. The van der Waals surface area contributed by atoms with Crippen molar-refractivity contribution in [2.45, 2.75) is 19.3 Å². The van der Waals surface area contributed by atoms with Gasteiger partial charge in [0, 0.05) is 24.4 Å². The van der Waals surface area contributed by atoms with E-state index in [4.69, 9.17) is 10.1 Å². The maximum atomic E-state index is 12.3. The third kappa shape index (κ3) is 3.66.